The standard InChI is InChI=1S/C15H16BrN3O3/c1-3-19-7-11(16)12(17-19)8-18(2)15(20)10-4-5-13-14(6-10)22-9-21-13/h4-7H,3,8-9H2,1-2H3. The number of halogens is 1. The van der Waals surface area contributed by atoms with Gasteiger partial charge in [-0.3, -0.25) is 9.48 Å². The normalized spacial score (nSPS) is 12.5. The molecular weight excluding hydrogens is 350 g/mol. The van der Waals surface area contributed by atoms with Crippen LogP contribution in [0.4, 0.5) is 0 Å². The number of amides is 1. The number of carbonyl (C=O) groups is 1. The van der Waals surface area contributed by atoms with Crippen LogP contribution in [0.1, 0.15) is 23.0 Å². The number of hydrogen-bond acceptors (Lipinski definition) is 4. The summed E-state index contributed by atoms with van der Waals surface area (Å²) in [5.41, 5.74) is 1.40. The minimum absolute atomic E-state index is 0.0868. The SMILES string of the molecule is CCn1cc(Br)c(CN(C)C(=O)c2ccc3c(c2)OCO3)n1. The first-order valence-electron chi connectivity index (χ1n) is 6.95. The topological polar surface area (TPSA) is 56.6 Å². The minimum atomic E-state index is -0.0868. The van der Waals surface area contributed by atoms with Crippen LogP contribution in [0.2, 0.25) is 0 Å². The molecule has 1 aliphatic heterocycles. The smallest absolute Gasteiger partial charge is 0.254 e. The van der Waals surface area contributed by atoms with Crippen LogP contribution in [-0.4, -0.2) is 34.4 Å². The van der Waals surface area contributed by atoms with Gasteiger partial charge in [-0.05, 0) is 41.1 Å². The monoisotopic (exact) mass is 365 g/mol. The third-order valence-corrected chi connectivity index (χ3v) is 4.13. The van der Waals surface area contributed by atoms with Crippen molar-refractivity contribution in [2.24, 2.45) is 0 Å². The van der Waals surface area contributed by atoms with Gasteiger partial charge in [0.25, 0.3) is 5.91 Å². The van der Waals surface area contributed by atoms with E-state index < -0.39 is 0 Å². The largest absolute Gasteiger partial charge is 0.454 e. The molecular formula is C15H16BrN3O3. The molecule has 0 N–H and O–H groups in total. The summed E-state index contributed by atoms with van der Waals surface area (Å²) in [5, 5.41) is 4.43. The molecule has 0 saturated carbocycles. The van der Waals surface area contributed by atoms with Crippen LogP contribution >= 0.6 is 15.9 Å². The summed E-state index contributed by atoms with van der Waals surface area (Å²) in [7, 11) is 1.75. The third kappa shape index (κ3) is 2.81. The van der Waals surface area contributed by atoms with Crippen LogP contribution in [0.3, 0.4) is 0 Å². The van der Waals surface area contributed by atoms with E-state index in [9.17, 15) is 4.79 Å². The second-order valence-corrected chi connectivity index (χ2v) is 5.86. The lowest BCUT2D eigenvalue weighted by molar-refractivity contribution is 0.0782. The molecule has 0 unspecified atom stereocenters. The fraction of sp³-hybridized carbons (Fsp3) is 0.333. The van der Waals surface area contributed by atoms with Gasteiger partial charge >= 0.3 is 0 Å². The fourth-order valence-corrected chi connectivity index (χ4v) is 2.69. The second kappa shape index (κ2) is 6.00. The third-order valence-electron chi connectivity index (χ3n) is 3.46. The van der Waals surface area contributed by atoms with Gasteiger partial charge in [0.15, 0.2) is 11.5 Å². The molecule has 0 spiro atoms. The van der Waals surface area contributed by atoms with Crippen molar-refractivity contribution in [3.05, 3.63) is 40.1 Å². The van der Waals surface area contributed by atoms with Gasteiger partial charge in [0.2, 0.25) is 6.79 Å². The molecule has 0 radical (unpaired) electrons. The first kappa shape index (κ1) is 14.9. The van der Waals surface area contributed by atoms with Gasteiger partial charge in [-0.15, -0.1) is 0 Å². The molecule has 1 aromatic heterocycles. The maximum Gasteiger partial charge on any atom is 0.254 e. The van der Waals surface area contributed by atoms with Gasteiger partial charge < -0.3 is 14.4 Å². The highest BCUT2D eigenvalue weighted by Crippen LogP contribution is 2.32. The second-order valence-electron chi connectivity index (χ2n) is 5.01. The number of nitrogens with zero attached hydrogens (tertiary/aromatic N) is 3. The zero-order valence-electron chi connectivity index (χ0n) is 12.4. The number of aryl methyl sites for hydroxylation is 1. The predicted octanol–water partition coefficient (Wildman–Crippen LogP) is 2.67. The van der Waals surface area contributed by atoms with Crippen molar-refractivity contribution in [2.75, 3.05) is 13.8 Å². The number of rotatable bonds is 4. The summed E-state index contributed by atoms with van der Waals surface area (Å²) in [6, 6.07) is 5.21. The highest BCUT2D eigenvalue weighted by Gasteiger charge is 2.19. The predicted molar refractivity (Wildman–Crippen MR) is 84.0 cm³/mol. The van der Waals surface area contributed by atoms with Gasteiger partial charge in [0.1, 0.15) is 0 Å². The van der Waals surface area contributed by atoms with Crippen molar-refractivity contribution in [2.45, 2.75) is 20.0 Å². The first-order chi connectivity index (χ1) is 10.6. The molecule has 2 aromatic rings. The Labute approximate surface area is 136 Å². The highest BCUT2D eigenvalue weighted by atomic mass is 79.9. The van der Waals surface area contributed by atoms with Crippen molar-refractivity contribution in [3.63, 3.8) is 0 Å². The summed E-state index contributed by atoms with van der Waals surface area (Å²) in [6.07, 6.45) is 1.91. The number of ether oxygens (including phenoxy) is 2. The molecule has 1 amide bonds. The van der Waals surface area contributed by atoms with E-state index in [0.29, 0.717) is 23.6 Å². The van der Waals surface area contributed by atoms with Gasteiger partial charge in [-0.2, -0.15) is 5.10 Å². The lowest BCUT2D eigenvalue weighted by atomic mass is 10.1. The van der Waals surface area contributed by atoms with E-state index in [1.807, 2.05) is 17.8 Å². The Bertz CT molecular complexity index is 714. The van der Waals surface area contributed by atoms with E-state index in [1.54, 1.807) is 30.1 Å². The zero-order chi connectivity index (χ0) is 15.7. The lowest BCUT2D eigenvalue weighted by Crippen LogP contribution is -2.26. The van der Waals surface area contributed by atoms with Crippen molar-refractivity contribution < 1.29 is 14.3 Å². The molecule has 1 aromatic carbocycles. The maximum absolute atomic E-state index is 12.5. The molecule has 7 heteroatoms. The molecule has 116 valence electrons. The van der Waals surface area contributed by atoms with Crippen LogP contribution in [0.25, 0.3) is 0 Å². The maximum atomic E-state index is 12.5. The van der Waals surface area contributed by atoms with E-state index in [1.165, 1.54) is 0 Å². The van der Waals surface area contributed by atoms with Gasteiger partial charge in [0, 0.05) is 25.4 Å². The Morgan fingerprint density at radius 1 is 1.41 bits per heavy atom. The van der Waals surface area contributed by atoms with Crippen LogP contribution in [0.15, 0.2) is 28.9 Å². The van der Waals surface area contributed by atoms with E-state index in [2.05, 4.69) is 21.0 Å². The molecule has 0 fully saturated rings. The van der Waals surface area contributed by atoms with Crippen LogP contribution in [0.5, 0.6) is 11.5 Å². The molecule has 6 nitrogen and oxygen atoms in total. The average molecular weight is 366 g/mol. The van der Waals surface area contributed by atoms with Crippen LogP contribution in [-0.2, 0) is 13.1 Å². The number of fused-ring (bicyclic) bond motifs is 1. The lowest BCUT2D eigenvalue weighted by Gasteiger charge is -2.16. The van der Waals surface area contributed by atoms with E-state index in [4.69, 9.17) is 9.47 Å². The van der Waals surface area contributed by atoms with E-state index >= 15 is 0 Å². The summed E-state index contributed by atoms with van der Waals surface area (Å²) in [5.74, 6) is 1.19. The summed E-state index contributed by atoms with van der Waals surface area (Å²) in [4.78, 5) is 14.1. The molecule has 3 rings (SSSR count). The fourth-order valence-electron chi connectivity index (χ4n) is 2.25. The Balaban J connectivity index is 1.75. The average Bonchev–Trinajstić information content (AvgIpc) is 3.12. The van der Waals surface area contributed by atoms with Crippen molar-refractivity contribution in [3.8, 4) is 11.5 Å². The van der Waals surface area contributed by atoms with Crippen LogP contribution in [0, 0.1) is 0 Å². The Morgan fingerprint density at radius 2 is 2.18 bits per heavy atom. The Kier molecular flexibility index (Phi) is 4.06. The van der Waals surface area contributed by atoms with E-state index in [0.717, 1.165) is 16.7 Å². The highest BCUT2D eigenvalue weighted by molar-refractivity contribution is 9.10. The molecule has 0 saturated heterocycles. The van der Waals surface area contributed by atoms with E-state index in [-0.39, 0.29) is 12.7 Å². The Morgan fingerprint density at radius 3 is 2.91 bits per heavy atom. The molecule has 0 bridgehead atoms. The number of hydrogen-bond donors (Lipinski definition) is 0. The van der Waals surface area contributed by atoms with Crippen molar-refractivity contribution in [1.29, 1.82) is 0 Å². The Hall–Kier alpha value is -2.02. The molecule has 0 atom stereocenters. The summed E-state index contributed by atoms with van der Waals surface area (Å²) < 4.78 is 13.3. The van der Waals surface area contributed by atoms with Gasteiger partial charge in [-0.1, -0.05) is 0 Å². The molecule has 22 heavy (non-hydrogen) atoms. The zero-order valence-corrected chi connectivity index (χ0v) is 14.0. The number of benzene rings is 1. The van der Waals surface area contributed by atoms with Crippen LogP contribution < -0.4 is 9.47 Å². The quantitative estimate of drug-likeness (QED) is 0.835. The number of aromatic nitrogens is 2. The van der Waals surface area contributed by atoms with Gasteiger partial charge in [-0.25, -0.2) is 0 Å². The van der Waals surface area contributed by atoms with Crippen molar-refractivity contribution in [1.82, 2.24) is 14.7 Å². The van der Waals surface area contributed by atoms with Gasteiger partial charge in [0.05, 0.1) is 16.7 Å². The van der Waals surface area contributed by atoms with Crippen molar-refractivity contribution >= 4 is 21.8 Å². The molecule has 0 aliphatic carbocycles. The minimum Gasteiger partial charge on any atom is -0.454 e. The molecule has 2 heterocycles. The summed E-state index contributed by atoms with van der Waals surface area (Å²) in [6.45, 7) is 3.44. The molecule has 1 aliphatic rings. The number of carbonyl (C=O) groups excluding carboxylic acids is 1. The first-order valence-corrected chi connectivity index (χ1v) is 7.74. The summed E-state index contributed by atoms with van der Waals surface area (Å²) >= 11 is 3.47.